The Hall–Kier alpha value is -0.610. The molecule has 0 aromatic heterocycles. The molecular weight excluding hydrogens is 134 g/mol. The average molecular weight is 145 g/mol. The normalized spacial score (nSPS) is 23.2. The molecule has 0 aliphatic carbocycles. The predicted molar refractivity (Wildman–Crippen MR) is 34.9 cm³/mol. The van der Waals surface area contributed by atoms with Crippen LogP contribution in [0.2, 0.25) is 0 Å². The Bertz CT molecular complexity index is 133. The van der Waals surface area contributed by atoms with Crippen LogP contribution in [0, 0.1) is 0 Å². The van der Waals surface area contributed by atoms with Crippen molar-refractivity contribution in [3.8, 4) is 0 Å². The molecule has 1 aliphatic rings. The first-order valence-electron chi connectivity index (χ1n) is 3.20. The number of aliphatic carboxylic acids is 1. The number of ether oxygens (including phenoxy) is 1. The lowest BCUT2D eigenvalue weighted by atomic mass is 10.4. The maximum absolute atomic E-state index is 10.1. The summed E-state index contributed by atoms with van der Waals surface area (Å²) in [5.74, 6) is -0.789. The van der Waals surface area contributed by atoms with E-state index in [0.29, 0.717) is 0 Å². The second-order valence-corrected chi connectivity index (χ2v) is 2.55. The summed E-state index contributed by atoms with van der Waals surface area (Å²) in [6.45, 7) is 1.61. The number of epoxide rings is 1. The van der Waals surface area contributed by atoms with Gasteiger partial charge in [-0.2, -0.15) is 0 Å². The van der Waals surface area contributed by atoms with Gasteiger partial charge in [0.2, 0.25) is 0 Å². The largest absolute Gasteiger partial charge is 0.480 e. The minimum absolute atomic E-state index is 0.0971. The molecule has 1 unspecified atom stereocenters. The lowest BCUT2D eigenvalue weighted by Crippen LogP contribution is -2.29. The summed E-state index contributed by atoms with van der Waals surface area (Å²) in [5, 5.41) is 8.33. The van der Waals surface area contributed by atoms with Crippen LogP contribution in [0.15, 0.2) is 0 Å². The van der Waals surface area contributed by atoms with E-state index in [2.05, 4.69) is 0 Å². The Morgan fingerprint density at radius 2 is 2.50 bits per heavy atom. The molecule has 0 radical (unpaired) electrons. The molecule has 1 heterocycles. The zero-order chi connectivity index (χ0) is 7.56. The fourth-order valence-corrected chi connectivity index (χ4v) is 0.817. The summed E-state index contributed by atoms with van der Waals surface area (Å²) in [6, 6.07) is 0. The summed E-state index contributed by atoms with van der Waals surface area (Å²) < 4.78 is 4.93. The van der Waals surface area contributed by atoms with E-state index in [9.17, 15) is 4.79 Å². The maximum atomic E-state index is 10.1. The summed E-state index contributed by atoms with van der Waals surface area (Å²) in [4.78, 5) is 11.9. The molecule has 10 heavy (non-hydrogen) atoms. The van der Waals surface area contributed by atoms with Crippen molar-refractivity contribution in [3.63, 3.8) is 0 Å². The predicted octanol–water partition coefficient (Wildman–Crippen LogP) is -0.598. The van der Waals surface area contributed by atoms with Gasteiger partial charge in [0, 0.05) is 6.54 Å². The van der Waals surface area contributed by atoms with E-state index in [1.807, 2.05) is 0 Å². The van der Waals surface area contributed by atoms with E-state index >= 15 is 0 Å². The molecule has 4 heteroatoms. The van der Waals surface area contributed by atoms with Gasteiger partial charge in [-0.3, -0.25) is 9.69 Å². The van der Waals surface area contributed by atoms with Crippen molar-refractivity contribution in [1.82, 2.24) is 4.90 Å². The minimum Gasteiger partial charge on any atom is -0.480 e. The third kappa shape index (κ3) is 2.80. The third-order valence-electron chi connectivity index (χ3n) is 1.32. The van der Waals surface area contributed by atoms with Crippen molar-refractivity contribution >= 4 is 5.97 Å². The fraction of sp³-hybridized carbons (Fsp3) is 0.833. The van der Waals surface area contributed by atoms with Gasteiger partial charge >= 0.3 is 5.97 Å². The summed E-state index contributed by atoms with van der Waals surface area (Å²) in [7, 11) is 1.77. The number of hydrogen-bond donors (Lipinski definition) is 1. The molecular formula is C6H11NO3. The van der Waals surface area contributed by atoms with Gasteiger partial charge in [-0.25, -0.2) is 0 Å². The molecule has 0 saturated carbocycles. The van der Waals surface area contributed by atoms with Crippen LogP contribution in [0.3, 0.4) is 0 Å². The van der Waals surface area contributed by atoms with Crippen molar-refractivity contribution in [2.75, 3.05) is 26.7 Å². The number of hydrogen-bond acceptors (Lipinski definition) is 3. The second kappa shape index (κ2) is 2.98. The van der Waals surface area contributed by atoms with Gasteiger partial charge in [0.1, 0.15) is 0 Å². The van der Waals surface area contributed by atoms with E-state index in [1.54, 1.807) is 11.9 Å². The maximum Gasteiger partial charge on any atom is 0.317 e. The van der Waals surface area contributed by atoms with Crippen molar-refractivity contribution in [2.45, 2.75) is 6.10 Å². The van der Waals surface area contributed by atoms with E-state index in [0.717, 1.165) is 13.2 Å². The summed E-state index contributed by atoms with van der Waals surface area (Å²) >= 11 is 0. The Kier molecular flexibility index (Phi) is 2.24. The molecule has 58 valence electrons. The fourth-order valence-electron chi connectivity index (χ4n) is 0.817. The second-order valence-electron chi connectivity index (χ2n) is 2.55. The first-order chi connectivity index (χ1) is 4.68. The molecule has 1 saturated heterocycles. The molecule has 1 atom stereocenters. The number of carboxylic acids is 1. The van der Waals surface area contributed by atoms with Gasteiger partial charge < -0.3 is 9.84 Å². The molecule has 0 amide bonds. The number of carbonyl (C=O) groups is 1. The van der Waals surface area contributed by atoms with E-state index in [4.69, 9.17) is 9.84 Å². The quantitative estimate of drug-likeness (QED) is 0.537. The standard InChI is InChI=1S/C6H11NO3/c1-7(3-6(8)9)2-5-4-10-5/h5H,2-4H2,1H3,(H,8,9). The smallest absolute Gasteiger partial charge is 0.317 e. The number of likely N-dealkylation sites (N-methyl/N-ethyl adjacent to an activating group) is 1. The van der Waals surface area contributed by atoms with Crippen LogP contribution in [0.25, 0.3) is 0 Å². The highest BCUT2D eigenvalue weighted by Gasteiger charge is 2.24. The van der Waals surface area contributed by atoms with E-state index in [1.165, 1.54) is 0 Å². The minimum atomic E-state index is -0.789. The number of nitrogens with zero attached hydrogens (tertiary/aromatic N) is 1. The Morgan fingerprint density at radius 1 is 1.90 bits per heavy atom. The Balaban J connectivity index is 2.07. The Labute approximate surface area is 59.4 Å². The zero-order valence-electron chi connectivity index (χ0n) is 5.91. The van der Waals surface area contributed by atoms with Gasteiger partial charge in [-0.05, 0) is 7.05 Å². The van der Waals surface area contributed by atoms with Gasteiger partial charge in [0.05, 0.1) is 19.3 Å². The van der Waals surface area contributed by atoms with Crippen molar-refractivity contribution in [3.05, 3.63) is 0 Å². The van der Waals surface area contributed by atoms with Crippen LogP contribution in [0.5, 0.6) is 0 Å². The van der Waals surface area contributed by atoms with Crippen molar-refractivity contribution in [2.24, 2.45) is 0 Å². The molecule has 4 nitrogen and oxygen atoms in total. The molecule has 0 aromatic rings. The molecule has 0 bridgehead atoms. The lowest BCUT2D eigenvalue weighted by molar-refractivity contribution is -0.138. The molecule has 1 N–H and O–H groups in total. The molecule has 1 rings (SSSR count). The van der Waals surface area contributed by atoms with Gasteiger partial charge in [0.15, 0.2) is 0 Å². The zero-order valence-corrected chi connectivity index (χ0v) is 5.91. The summed E-state index contributed by atoms with van der Waals surface area (Å²) in [5.41, 5.74) is 0. The monoisotopic (exact) mass is 145 g/mol. The highest BCUT2D eigenvalue weighted by Crippen LogP contribution is 2.08. The number of carboxylic acid groups (broad SMARTS) is 1. The first-order valence-corrected chi connectivity index (χ1v) is 3.20. The van der Waals surface area contributed by atoms with Crippen LogP contribution in [-0.4, -0.2) is 48.8 Å². The highest BCUT2D eigenvalue weighted by molar-refractivity contribution is 5.68. The van der Waals surface area contributed by atoms with Gasteiger partial charge in [-0.15, -0.1) is 0 Å². The molecule has 0 aromatic carbocycles. The average Bonchev–Trinajstić information content (AvgIpc) is 2.46. The highest BCUT2D eigenvalue weighted by atomic mass is 16.6. The molecule has 0 spiro atoms. The van der Waals surface area contributed by atoms with Crippen LogP contribution < -0.4 is 0 Å². The Morgan fingerprint density at radius 3 is 2.90 bits per heavy atom. The first kappa shape index (κ1) is 7.50. The number of rotatable bonds is 4. The lowest BCUT2D eigenvalue weighted by Gasteiger charge is -2.10. The van der Waals surface area contributed by atoms with E-state index in [-0.39, 0.29) is 12.6 Å². The molecule has 1 fully saturated rings. The topological polar surface area (TPSA) is 53.1 Å². The molecule has 1 aliphatic heterocycles. The SMILES string of the molecule is CN(CC(=O)O)CC1CO1. The van der Waals surface area contributed by atoms with Crippen molar-refractivity contribution in [1.29, 1.82) is 0 Å². The van der Waals surface area contributed by atoms with Gasteiger partial charge in [-0.1, -0.05) is 0 Å². The van der Waals surface area contributed by atoms with Gasteiger partial charge in [0.25, 0.3) is 0 Å². The summed E-state index contributed by atoms with van der Waals surface area (Å²) in [6.07, 6.45) is 0.282. The van der Waals surface area contributed by atoms with E-state index < -0.39 is 5.97 Å². The van der Waals surface area contributed by atoms with Crippen molar-refractivity contribution < 1.29 is 14.6 Å². The van der Waals surface area contributed by atoms with Crippen LogP contribution >= 0.6 is 0 Å². The van der Waals surface area contributed by atoms with Crippen LogP contribution in [0.1, 0.15) is 0 Å². The van der Waals surface area contributed by atoms with Crippen LogP contribution in [0.4, 0.5) is 0 Å². The third-order valence-corrected chi connectivity index (χ3v) is 1.32. The van der Waals surface area contributed by atoms with Crippen LogP contribution in [-0.2, 0) is 9.53 Å².